The number of alkyl halides is 6. The molecule has 0 aliphatic heterocycles. The Labute approximate surface area is 129 Å². The molecular formula is C16H14F6O. The molecule has 126 valence electrons. The molecule has 0 aromatic heterocycles. The van der Waals surface area contributed by atoms with Gasteiger partial charge in [-0.25, -0.2) is 0 Å². The number of hydrogen-bond donors (Lipinski definition) is 0. The van der Waals surface area contributed by atoms with Gasteiger partial charge in [-0.2, -0.15) is 13.2 Å². The molecule has 7 heteroatoms. The number of rotatable bonds is 1. The van der Waals surface area contributed by atoms with E-state index in [1.54, 1.807) is 0 Å². The highest BCUT2D eigenvalue weighted by Crippen LogP contribution is 2.38. The van der Waals surface area contributed by atoms with Crippen LogP contribution in [0, 0.1) is 13.8 Å². The van der Waals surface area contributed by atoms with Crippen molar-refractivity contribution in [2.75, 3.05) is 0 Å². The van der Waals surface area contributed by atoms with Crippen LogP contribution in [0.3, 0.4) is 0 Å². The zero-order valence-corrected chi connectivity index (χ0v) is 12.3. The molecule has 23 heavy (non-hydrogen) atoms. The van der Waals surface area contributed by atoms with Crippen molar-refractivity contribution in [1.82, 2.24) is 0 Å². The SMILES string of the molecule is Cc1ccc(OC(F)(F)F)c(C(F)(F)F)c1.Cc1ccccc1. The van der Waals surface area contributed by atoms with Crippen LogP contribution >= 0.6 is 0 Å². The second-order valence-electron chi connectivity index (χ2n) is 4.70. The number of benzene rings is 2. The minimum Gasteiger partial charge on any atom is -0.405 e. The van der Waals surface area contributed by atoms with Gasteiger partial charge in [-0.1, -0.05) is 47.5 Å². The summed E-state index contributed by atoms with van der Waals surface area (Å²) in [6.45, 7) is 3.42. The molecule has 1 nitrogen and oxygen atoms in total. The van der Waals surface area contributed by atoms with E-state index in [-0.39, 0.29) is 5.56 Å². The maximum absolute atomic E-state index is 12.4. The van der Waals surface area contributed by atoms with Crippen molar-refractivity contribution in [3.8, 4) is 5.75 Å². The van der Waals surface area contributed by atoms with Gasteiger partial charge in [0.05, 0.1) is 5.56 Å². The second-order valence-corrected chi connectivity index (χ2v) is 4.70. The Morgan fingerprint density at radius 2 is 1.30 bits per heavy atom. The monoisotopic (exact) mass is 336 g/mol. The van der Waals surface area contributed by atoms with Crippen LogP contribution in [0.2, 0.25) is 0 Å². The van der Waals surface area contributed by atoms with E-state index < -0.39 is 23.9 Å². The van der Waals surface area contributed by atoms with E-state index in [2.05, 4.69) is 23.8 Å². The summed E-state index contributed by atoms with van der Waals surface area (Å²) in [5, 5.41) is 0. The molecule has 2 aromatic rings. The van der Waals surface area contributed by atoms with E-state index in [1.165, 1.54) is 12.5 Å². The van der Waals surface area contributed by atoms with E-state index in [9.17, 15) is 26.3 Å². The molecular weight excluding hydrogens is 322 g/mol. The third-order valence-corrected chi connectivity index (χ3v) is 2.61. The third kappa shape index (κ3) is 7.08. The summed E-state index contributed by atoms with van der Waals surface area (Å²) in [5.41, 5.74) is 0.0779. The highest BCUT2D eigenvalue weighted by atomic mass is 19.4. The molecule has 0 saturated carbocycles. The predicted octanol–water partition coefficient (Wildman–Crippen LogP) is 5.91. The van der Waals surface area contributed by atoms with Gasteiger partial charge >= 0.3 is 12.5 Å². The summed E-state index contributed by atoms with van der Waals surface area (Å²) >= 11 is 0. The van der Waals surface area contributed by atoms with Gasteiger partial charge in [-0.15, -0.1) is 13.2 Å². The first-order chi connectivity index (χ1) is 10.5. The van der Waals surface area contributed by atoms with Gasteiger partial charge in [0.1, 0.15) is 5.75 Å². The predicted molar refractivity (Wildman–Crippen MR) is 74.0 cm³/mol. The molecule has 0 saturated heterocycles. The Morgan fingerprint density at radius 1 is 0.739 bits per heavy atom. The maximum Gasteiger partial charge on any atom is 0.573 e. The maximum atomic E-state index is 12.4. The Bertz CT molecular complexity index is 617. The molecule has 0 heterocycles. The van der Waals surface area contributed by atoms with Crippen LogP contribution in [-0.2, 0) is 6.18 Å². The van der Waals surface area contributed by atoms with Gasteiger partial charge in [-0.05, 0) is 26.0 Å². The summed E-state index contributed by atoms with van der Waals surface area (Å²) in [6, 6.07) is 12.6. The van der Waals surface area contributed by atoms with Crippen molar-refractivity contribution in [2.24, 2.45) is 0 Å². The lowest BCUT2D eigenvalue weighted by Gasteiger charge is -2.15. The van der Waals surface area contributed by atoms with E-state index in [1.807, 2.05) is 18.2 Å². The van der Waals surface area contributed by atoms with E-state index in [0.717, 1.165) is 6.07 Å². The first kappa shape index (κ1) is 18.9. The summed E-state index contributed by atoms with van der Waals surface area (Å²) in [7, 11) is 0. The molecule has 0 aliphatic rings. The normalized spacial score (nSPS) is 11.5. The Morgan fingerprint density at radius 3 is 1.70 bits per heavy atom. The van der Waals surface area contributed by atoms with Crippen LogP contribution in [0.1, 0.15) is 16.7 Å². The average molecular weight is 336 g/mol. The lowest BCUT2D eigenvalue weighted by Crippen LogP contribution is -2.20. The molecule has 0 N–H and O–H groups in total. The van der Waals surface area contributed by atoms with Gasteiger partial charge in [0.2, 0.25) is 0 Å². The first-order valence-corrected chi connectivity index (χ1v) is 6.44. The van der Waals surface area contributed by atoms with Crippen LogP contribution in [0.4, 0.5) is 26.3 Å². The number of aryl methyl sites for hydroxylation is 2. The quantitative estimate of drug-likeness (QED) is 0.589. The summed E-state index contributed by atoms with van der Waals surface area (Å²) in [6.07, 6.45) is -10.0. The largest absolute Gasteiger partial charge is 0.573 e. The van der Waals surface area contributed by atoms with Crippen LogP contribution in [0.5, 0.6) is 5.75 Å². The third-order valence-electron chi connectivity index (χ3n) is 2.61. The minimum atomic E-state index is -5.14. The van der Waals surface area contributed by atoms with Gasteiger partial charge < -0.3 is 4.74 Å². The Hall–Kier alpha value is -2.18. The van der Waals surface area contributed by atoms with Crippen LogP contribution in [0.25, 0.3) is 0 Å². The minimum absolute atomic E-state index is 0.196. The summed E-state index contributed by atoms with van der Waals surface area (Å²) in [4.78, 5) is 0. The lowest BCUT2D eigenvalue weighted by atomic mass is 10.1. The van der Waals surface area contributed by atoms with Crippen molar-refractivity contribution in [3.05, 3.63) is 65.2 Å². The highest BCUT2D eigenvalue weighted by Gasteiger charge is 2.39. The fraction of sp³-hybridized carbons (Fsp3) is 0.250. The van der Waals surface area contributed by atoms with Crippen molar-refractivity contribution < 1.29 is 31.1 Å². The van der Waals surface area contributed by atoms with Gasteiger partial charge in [0.25, 0.3) is 0 Å². The molecule has 0 spiro atoms. The molecule has 0 unspecified atom stereocenters. The van der Waals surface area contributed by atoms with Crippen LogP contribution in [-0.4, -0.2) is 6.36 Å². The molecule has 2 rings (SSSR count). The van der Waals surface area contributed by atoms with Gasteiger partial charge in [-0.3, -0.25) is 0 Å². The first-order valence-electron chi connectivity index (χ1n) is 6.44. The van der Waals surface area contributed by atoms with Crippen molar-refractivity contribution in [1.29, 1.82) is 0 Å². The van der Waals surface area contributed by atoms with Crippen LogP contribution in [0.15, 0.2) is 48.5 Å². The summed E-state index contributed by atoms with van der Waals surface area (Å²) in [5.74, 6) is -1.24. The topological polar surface area (TPSA) is 9.23 Å². The van der Waals surface area contributed by atoms with Crippen molar-refractivity contribution in [2.45, 2.75) is 26.4 Å². The van der Waals surface area contributed by atoms with E-state index in [4.69, 9.17) is 0 Å². The van der Waals surface area contributed by atoms with E-state index >= 15 is 0 Å². The Balaban J connectivity index is 0.000000313. The molecule has 0 atom stereocenters. The number of halogens is 6. The van der Waals surface area contributed by atoms with Gasteiger partial charge in [0.15, 0.2) is 0 Å². The highest BCUT2D eigenvalue weighted by molar-refractivity contribution is 5.39. The number of hydrogen-bond acceptors (Lipinski definition) is 1. The number of ether oxygens (including phenoxy) is 1. The zero-order valence-electron chi connectivity index (χ0n) is 12.3. The van der Waals surface area contributed by atoms with Gasteiger partial charge in [0, 0.05) is 0 Å². The van der Waals surface area contributed by atoms with Crippen molar-refractivity contribution in [3.63, 3.8) is 0 Å². The van der Waals surface area contributed by atoms with Crippen LogP contribution < -0.4 is 4.74 Å². The van der Waals surface area contributed by atoms with Crippen molar-refractivity contribution >= 4 is 0 Å². The molecule has 0 fully saturated rings. The van der Waals surface area contributed by atoms with E-state index in [0.29, 0.717) is 12.1 Å². The lowest BCUT2D eigenvalue weighted by molar-refractivity contribution is -0.276. The molecule has 0 radical (unpaired) electrons. The molecule has 2 aromatic carbocycles. The summed E-state index contributed by atoms with van der Waals surface area (Å²) < 4.78 is 75.8. The standard InChI is InChI=1S/C9H6F6O.C7H8/c1-5-2-3-7(16-9(13,14)15)6(4-5)8(10,11)12;1-7-5-3-2-4-6-7/h2-4H,1H3;2-6H,1H3. The fourth-order valence-corrected chi connectivity index (χ4v) is 1.61. The smallest absolute Gasteiger partial charge is 0.405 e. The molecule has 0 bridgehead atoms. The molecule has 0 amide bonds. The second kappa shape index (κ2) is 7.39. The average Bonchev–Trinajstić information content (AvgIpc) is 2.40. The Kier molecular flexibility index (Phi) is 6.06. The fourth-order valence-electron chi connectivity index (χ4n) is 1.61. The molecule has 0 aliphatic carbocycles. The zero-order chi connectivity index (χ0) is 17.7.